The normalized spacial score (nSPS) is 16.6. The van der Waals surface area contributed by atoms with Gasteiger partial charge in [0.05, 0.1) is 5.56 Å². The maximum atomic E-state index is 12.5. The van der Waals surface area contributed by atoms with E-state index in [0.29, 0.717) is 22.8 Å². The van der Waals surface area contributed by atoms with Crippen molar-refractivity contribution in [1.82, 2.24) is 14.5 Å². The van der Waals surface area contributed by atoms with E-state index in [1.165, 1.54) is 0 Å². The fraction of sp³-hybridized carbons (Fsp3) is 0.250. The van der Waals surface area contributed by atoms with Gasteiger partial charge in [-0.1, -0.05) is 0 Å². The number of hydrogen-bond acceptors (Lipinski definition) is 5. The van der Waals surface area contributed by atoms with Crippen LogP contribution < -0.4 is 14.8 Å². The van der Waals surface area contributed by atoms with Crippen LogP contribution in [0, 0.1) is 0 Å². The maximum absolute atomic E-state index is 12.5. The highest BCUT2D eigenvalue weighted by atomic mass is 16.7. The molecule has 1 aliphatic heterocycles. The van der Waals surface area contributed by atoms with Crippen molar-refractivity contribution < 1.29 is 14.3 Å². The second-order valence-electron chi connectivity index (χ2n) is 6.81. The summed E-state index contributed by atoms with van der Waals surface area (Å²) in [5.74, 6) is 1.39. The predicted octanol–water partition coefficient (Wildman–Crippen LogP) is 3.56. The number of aromatic nitrogens is 3. The van der Waals surface area contributed by atoms with E-state index in [1.807, 2.05) is 18.2 Å². The molecule has 1 amide bonds. The molecule has 0 saturated heterocycles. The summed E-state index contributed by atoms with van der Waals surface area (Å²) in [6.07, 6.45) is 10.7. The van der Waals surface area contributed by atoms with Crippen LogP contribution in [-0.4, -0.2) is 26.2 Å². The summed E-state index contributed by atoms with van der Waals surface area (Å²) in [6.45, 7) is 0. The van der Waals surface area contributed by atoms with Crippen molar-refractivity contribution in [2.75, 3.05) is 5.32 Å². The lowest BCUT2D eigenvalue weighted by Crippen LogP contribution is -2.34. The third-order valence-corrected chi connectivity index (χ3v) is 4.94. The molecule has 2 aliphatic rings. The van der Waals surface area contributed by atoms with Gasteiger partial charge in [0.1, 0.15) is 12.1 Å². The number of nitrogens with one attached hydrogen (secondary N) is 1. The maximum Gasteiger partial charge on any atom is 0.257 e. The summed E-state index contributed by atoms with van der Waals surface area (Å²) >= 11 is 0. The quantitative estimate of drug-likeness (QED) is 0.771. The molecule has 7 nitrogen and oxygen atoms in total. The van der Waals surface area contributed by atoms with Gasteiger partial charge in [-0.05, 0) is 37.1 Å². The van der Waals surface area contributed by atoms with Gasteiger partial charge in [0.2, 0.25) is 0 Å². The van der Waals surface area contributed by atoms with Crippen LogP contribution in [0.25, 0.3) is 5.82 Å². The summed E-state index contributed by atoms with van der Waals surface area (Å²) < 4.78 is 13.8. The molecule has 1 fully saturated rings. The second-order valence-corrected chi connectivity index (χ2v) is 6.81. The van der Waals surface area contributed by atoms with E-state index in [4.69, 9.17) is 9.47 Å². The molecule has 1 aromatic carbocycles. The van der Waals surface area contributed by atoms with Gasteiger partial charge >= 0.3 is 0 Å². The smallest absolute Gasteiger partial charge is 0.257 e. The molecule has 0 bridgehead atoms. The number of benzene rings is 1. The first-order chi connectivity index (χ1) is 13.2. The third kappa shape index (κ3) is 2.91. The highest BCUT2D eigenvalue weighted by Gasteiger charge is 2.44. The minimum absolute atomic E-state index is 0.228. The van der Waals surface area contributed by atoms with E-state index >= 15 is 0 Å². The number of nitrogens with zero attached hydrogens (tertiary/aromatic N) is 3. The van der Waals surface area contributed by atoms with Crippen LogP contribution in [0.15, 0.2) is 55.2 Å². The number of fused-ring (bicyclic) bond motifs is 1. The van der Waals surface area contributed by atoms with Crippen molar-refractivity contribution in [2.45, 2.75) is 31.5 Å². The monoisotopic (exact) mass is 362 g/mol. The Balaban J connectivity index is 1.30. The number of amides is 1. The molecule has 1 aliphatic carbocycles. The van der Waals surface area contributed by atoms with Crippen molar-refractivity contribution in [1.29, 1.82) is 0 Å². The van der Waals surface area contributed by atoms with E-state index in [9.17, 15) is 4.79 Å². The van der Waals surface area contributed by atoms with Gasteiger partial charge < -0.3 is 14.8 Å². The fourth-order valence-corrected chi connectivity index (χ4v) is 3.56. The number of anilines is 1. The second kappa shape index (κ2) is 6.12. The van der Waals surface area contributed by atoms with Crippen molar-refractivity contribution in [3.05, 3.63) is 60.8 Å². The number of imidazole rings is 1. The first-order valence-electron chi connectivity index (χ1n) is 8.99. The van der Waals surface area contributed by atoms with E-state index < -0.39 is 5.79 Å². The molecule has 3 aromatic rings. The molecule has 0 radical (unpaired) electrons. The molecule has 5 rings (SSSR count). The number of carbonyl (C=O) groups excluding carboxylic acids is 1. The van der Waals surface area contributed by atoms with Crippen LogP contribution in [0.4, 0.5) is 5.69 Å². The molecule has 27 heavy (non-hydrogen) atoms. The number of hydrogen-bond donors (Lipinski definition) is 1. The summed E-state index contributed by atoms with van der Waals surface area (Å²) in [7, 11) is 0. The van der Waals surface area contributed by atoms with E-state index in [0.717, 1.165) is 31.4 Å². The van der Waals surface area contributed by atoms with Gasteiger partial charge in [-0.3, -0.25) is 9.36 Å². The molecular formula is C20H18N4O3. The number of rotatable bonds is 3. The van der Waals surface area contributed by atoms with Gasteiger partial charge in [0.15, 0.2) is 11.5 Å². The van der Waals surface area contributed by atoms with Crippen molar-refractivity contribution >= 4 is 11.6 Å². The minimum Gasteiger partial charge on any atom is -0.448 e. The van der Waals surface area contributed by atoms with Crippen molar-refractivity contribution in [3.8, 4) is 17.3 Å². The zero-order valence-corrected chi connectivity index (χ0v) is 14.6. The van der Waals surface area contributed by atoms with Crippen molar-refractivity contribution in [2.24, 2.45) is 0 Å². The number of ether oxygens (including phenoxy) is 2. The molecule has 136 valence electrons. The Morgan fingerprint density at radius 2 is 1.96 bits per heavy atom. The van der Waals surface area contributed by atoms with Crippen molar-refractivity contribution in [3.63, 3.8) is 0 Å². The Labute approximate surface area is 156 Å². The lowest BCUT2D eigenvalue weighted by Gasteiger charge is -2.21. The largest absolute Gasteiger partial charge is 0.448 e. The van der Waals surface area contributed by atoms with Gasteiger partial charge in [0.25, 0.3) is 11.7 Å². The molecule has 2 aromatic heterocycles. The molecule has 0 atom stereocenters. The Kier molecular flexibility index (Phi) is 3.60. The predicted molar refractivity (Wildman–Crippen MR) is 98.2 cm³/mol. The zero-order chi connectivity index (χ0) is 18.3. The molecule has 1 N–H and O–H groups in total. The molecule has 3 heterocycles. The molecule has 7 heteroatoms. The lowest BCUT2D eigenvalue weighted by atomic mass is 10.2. The molecule has 1 spiro atoms. The first kappa shape index (κ1) is 15.9. The SMILES string of the molecule is O=C(Nc1ccc2c(c1)OC1(CCCC1)O2)c1ccc(-n2ccnc2)nc1. The van der Waals surface area contributed by atoms with Gasteiger partial charge in [-0.15, -0.1) is 0 Å². The standard InChI is InChI=1S/C20H18N4O3/c25-19(14-3-6-18(22-12-14)24-10-9-21-13-24)23-15-4-5-16-17(11-15)27-20(26-16)7-1-2-8-20/h3-6,9-13H,1-2,7-8H2,(H,23,25). The molecule has 0 unspecified atom stereocenters. The average Bonchev–Trinajstić information content (AvgIpc) is 3.43. The Morgan fingerprint density at radius 3 is 2.70 bits per heavy atom. The molecule has 1 saturated carbocycles. The summed E-state index contributed by atoms with van der Waals surface area (Å²) in [4.78, 5) is 20.8. The lowest BCUT2D eigenvalue weighted by molar-refractivity contribution is -0.0716. The summed E-state index contributed by atoms with van der Waals surface area (Å²) in [5, 5.41) is 2.89. The number of carbonyl (C=O) groups is 1. The van der Waals surface area contributed by atoms with Gasteiger partial charge in [-0.25, -0.2) is 9.97 Å². The first-order valence-corrected chi connectivity index (χ1v) is 8.99. The van der Waals surface area contributed by atoms with Crippen LogP contribution >= 0.6 is 0 Å². The third-order valence-electron chi connectivity index (χ3n) is 4.94. The van der Waals surface area contributed by atoms with Crippen LogP contribution in [0.2, 0.25) is 0 Å². The van der Waals surface area contributed by atoms with Crippen LogP contribution in [0.3, 0.4) is 0 Å². The summed E-state index contributed by atoms with van der Waals surface area (Å²) in [5.41, 5.74) is 1.14. The summed E-state index contributed by atoms with van der Waals surface area (Å²) in [6, 6.07) is 8.99. The average molecular weight is 362 g/mol. The van der Waals surface area contributed by atoms with E-state index in [1.54, 1.807) is 41.6 Å². The highest BCUT2D eigenvalue weighted by molar-refractivity contribution is 6.04. The Hall–Kier alpha value is -3.35. The van der Waals surface area contributed by atoms with Crippen LogP contribution in [0.1, 0.15) is 36.0 Å². The van der Waals surface area contributed by atoms with Crippen LogP contribution in [-0.2, 0) is 0 Å². The number of pyridine rings is 1. The topological polar surface area (TPSA) is 78.3 Å². The fourth-order valence-electron chi connectivity index (χ4n) is 3.56. The highest BCUT2D eigenvalue weighted by Crippen LogP contribution is 2.47. The van der Waals surface area contributed by atoms with Gasteiger partial charge in [-0.2, -0.15) is 0 Å². The minimum atomic E-state index is -0.502. The molecular weight excluding hydrogens is 344 g/mol. The Morgan fingerprint density at radius 1 is 1.11 bits per heavy atom. The van der Waals surface area contributed by atoms with Gasteiger partial charge in [0, 0.05) is 43.2 Å². The van der Waals surface area contributed by atoms with E-state index in [-0.39, 0.29) is 5.91 Å². The van der Waals surface area contributed by atoms with Crippen LogP contribution in [0.5, 0.6) is 11.5 Å². The van der Waals surface area contributed by atoms with E-state index in [2.05, 4.69) is 15.3 Å². The Bertz CT molecular complexity index is 977. The zero-order valence-electron chi connectivity index (χ0n) is 14.6.